The monoisotopic (exact) mass is 757 g/mol. The predicted molar refractivity (Wildman–Crippen MR) is 246 cm³/mol. The van der Waals surface area contributed by atoms with Crippen LogP contribution in [0.4, 0.5) is 0 Å². The summed E-state index contributed by atoms with van der Waals surface area (Å²) >= 11 is 0. The quantitative estimate of drug-likeness (QED) is 0.124. The normalized spacial score (nSPS) is 14.1. The molecule has 3 aliphatic rings. The Morgan fingerprint density at radius 2 is 1.25 bits per heavy atom. The molecule has 5 heteroatoms. The third-order valence-corrected chi connectivity index (χ3v) is 12.7. The van der Waals surface area contributed by atoms with Gasteiger partial charge in [0.15, 0.2) is 11.7 Å². The Hall–Kier alpha value is -7.37. The zero-order valence-corrected chi connectivity index (χ0v) is 32.6. The van der Waals surface area contributed by atoms with Crippen molar-refractivity contribution in [1.82, 2.24) is 9.13 Å². The zero-order chi connectivity index (χ0) is 39.0. The Balaban J connectivity index is 0.988. The maximum atomic E-state index is 5.42. The molecule has 0 aliphatic heterocycles. The molecule has 0 N–H and O–H groups in total. The number of amidine groups is 2. The number of benzene rings is 7. The Morgan fingerprint density at radius 3 is 2.07 bits per heavy atom. The summed E-state index contributed by atoms with van der Waals surface area (Å²) in [5.41, 5.74) is 19.5. The van der Waals surface area contributed by atoms with Gasteiger partial charge in [0.25, 0.3) is 0 Å². The third-order valence-electron chi connectivity index (χ3n) is 12.7. The standard InChI is InChI=1S/C54H39N5/c1-55-53(37-26-25-35-29-36-27-28-38(32-47(36)46(35)31-37)59-51-23-10-6-17-43(51)44-18-7-11-24-52(44)59)57-54(45-20-12-19-40-39-14-3-2-13-34(39)30-48(40)45)56-33-58-49-21-8-4-15-41(49)42-16-5-9-22-50(42)58/h2-8,10-21,23-28,31-32H,1,9,22,29-30,33H2/b56-54-,57-53-. The van der Waals surface area contributed by atoms with Crippen LogP contribution >= 0.6 is 0 Å². The van der Waals surface area contributed by atoms with E-state index in [9.17, 15) is 0 Å². The number of hydrogen-bond donors (Lipinski definition) is 0. The lowest BCUT2D eigenvalue weighted by atomic mass is 10.00. The molecule has 12 rings (SSSR count). The Bertz CT molecular complexity index is 3280. The van der Waals surface area contributed by atoms with E-state index in [-0.39, 0.29) is 0 Å². The molecule has 2 aromatic heterocycles. The number of hydrogen-bond acceptors (Lipinski definition) is 1. The number of aliphatic imine (C=N–C) groups is 3. The second-order valence-electron chi connectivity index (χ2n) is 15.9. The number of rotatable bonds is 5. The summed E-state index contributed by atoms with van der Waals surface area (Å²) in [5.74, 6) is 1.23. The maximum absolute atomic E-state index is 5.42. The van der Waals surface area contributed by atoms with Crippen LogP contribution in [0.3, 0.4) is 0 Å². The second kappa shape index (κ2) is 13.4. The number of para-hydroxylation sites is 3. The van der Waals surface area contributed by atoms with Crippen molar-refractivity contribution in [3.05, 3.63) is 202 Å². The molecule has 9 aromatic rings. The molecule has 0 spiro atoms. The van der Waals surface area contributed by atoms with E-state index in [2.05, 4.69) is 185 Å². The van der Waals surface area contributed by atoms with Crippen molar-refractivity contribution in [3.8, 4) is 27.9 Å². The van der Waals surface area contributed by atoms with E-state index in [1.54, 1.807) is 0 Å². The van der Waals surface area contributed by atoms with Gasteiger partial charge in [-0.3, -0.25) is 0 Å². The van der Waals surface area contributed by atoms with Crippen LogP contribution < -0.4 is 0 Å². The fourth-order valence-corrected chi connectivity index (χ4v) is 10.0. The van der Waals surface area contributed by atoms with Gasteiger partial charge in [-0.05, 0) is 113 Å². The SMILES string of the molecule is C=N/C(=N\C(=N/Cn1c2c(c3ccccc31)C=CCC2)c1cccc2c1Cc1ccccc1-2)c1ccc2c(c1)-c1cc(-n3c4ccccc4c4ccccc43)ccc1C2. The lowest BCUT2D eigenvalue weighted by molar-refractivity contribution is 0.707. The van der Waals surface area contributed by atoms with Crippen LogP contribution in [-0.2, 0) is 25.9 Å². The summed E-state index contributed by atoms with van der Waals surface area (Å²) in [6.07, 6.45) is 8.29. The summed E-state index contributed by atoms with van der Waals surface area (Å²) in [5, 5.41) is 3.79. The Labute approximate surface area is 342 Å². The van der Waals surface area contributed by atoms with E-state index >= 15 is 0 Å². The van der Waals surface area contributed by atoms with E-state index in [0.29, 0.717) is 18.3 Å². The zero-order valence-electron chi connectivity index (χ0n) is 32.6. The van der Waals surface area contributed by atoms with Gasteiger partial charge in [0, 0.05) is 44.2 Å². The minimum Gasteiger partial charge on any atom is -0.324 e. The first-order chi connectivity index (χ1) is 29.2. The molecule has 0 radical (unpaired) electrons. The van der Waals surface area contributed by atoms with Gasteiger partial charge < -0.3 is 9.13 Å². The predicted octanol–water partition coefficient (Wildman–Crippen LogP) is 12.4. The molecule has 0 fully saturated rings. The third kappa shape index (κ3) is 5.28. The van der Waals surface area contributed by atoms with E-state index in [1.165, 1.54) is 88.5 Å². The second-order valence-corrected chi connectivity index (χ2v) is 15.9. The highest BCUT2D eigenvalue weighted by Gasteiger charge is 2.25. The molecular weight excluding hydrogens is 719 g/mol. The molecule has 5 nitrogen and oxygen atoms in total. The van der Waals surface area contributed by atoms with Crippen LogP contribution in [0, 0.1) is 0 Å². The van der Waals surface area contributed by atoms with Crippen molar-refractivity contribution in [2.45, 2.75) is 32.4 Å². The molecule has 0 saturated heterocycles. The van der Waals surface area contributed by atoms with Gasteiger partial charge in [0.2, 0.25) is 0 Å². The van der Waals surface area contributed by atoms with Crippen LogP contribution in [-0.4, -0.2) is 27.5 Å². The highest BCUT2D eigenvalue weighted by molar-refractivity contribution is 6.14. The maximum Gasteiger partial charge on any atom is 0.161 e. The van der Waals surface area contributed by atoms with Crippen molar-refractivity contribution in [2.75, 3.05) is 0 Å². The van der Waals surface area contributed by atoms with Crippen molar-refractivity contribution in [1.29, 1.82) is 0 Å². The van der Waals surface area contributed by atoms with Gasteiger partial charge in [0.05, 0.1) is 16.6 Å². The molecule has 3 aliphatic carbocycles. The number of fused-ring (bicyclic) bond motifs is 12. The van der Waals surface area contributed by atoms with E-state index < -0.39 is 0 Å². The van der Waals surface area contributed by atoms with E-state index in [0.717, 1.165) is 42.5 Å². The van der Waals surface area contributed by atoms with E-state index in [4.69, 9.17) is 9.98 Å². The fraction of sp³-hybridized carbons (Fsp3) is 0.0926. The lowest BCUT2D eigenvalue weighted by Crippen LogP contribution is -2.11. The summed E-state index contributed by atoms with van der Waals surface area (Å²) < 4.78 is 4.77. The highest BCUT2D eigenvalue weighted by Crippen LogP contribution is 2.42. The van der Waals surface area contributed by atoms with Crippen molar-refractivity contribution >= 4 is 57.2 Å². The minimum atomic E-state index is 0.451. The molecule has 280 valence electrons. The van der Waals surface area contributed by atoms with Crippen molar-refractivity contribution in [2.24, 2.45) is 15.0 Å². The molecule has 0 unspecified atom stereocenters. The lowest BCUT2D eigenvalue weighted by Gasteiger charge is -2.14. The summed E-state index contributed by atoms with van der Waals surface area (Å²) in [6.45, 7) is 4.54. The summed E-state index contributed by atoms with van der Waals surface area (Å²) in [7, 11) is 0. The summed E-state index contributed by atoms with van der Waals surface area (Å²) in [6, 6.07) is 54.9. The molecule has 0 amide bonds. The molecule has 0 atom stereocenters. The highest BCUT2D eigenvalue weighted by atomic mass is 15.1. The van der Waals surface area contributed by atoms with Gasteiger partial charge in [-0.1, -0.05) is 127 Å². The first-order valence-corrected chi connectivity index (χ1v) is 20.5. The Kier molecular flexibility index (Phi) is 7.64. The largest absolute Gasteiger partial charge is 0.324 e. The first kappa shape index (κ1) is 33.7. The van der Waals surface area contributed by atoms with Gasteiger partial charge in [-0.2, -0.15) is 0 Å². The Morgan fingerprint density at radius 1 is 0.576 bits per heavy atom. The van der Waals surface area contributed by atoms with Gasteiger partial charge in [0.1, 0.15) is 6.67 Å². The first-order valence-electron chi connectivity index (χ1n) is 20.5. The smallest absolute Gasteiger partial charge is 0.161 e. The number of nitrogens with zero attached hydrogens (tertiary/aromatic N) is 5. The minimum absolute atomic E-state index is 0.451. The molecule has 0 bridgehead atoms. The molecule has 2 heterocycles. The van der Waals surface area contributed by atoms with Gasteiger partial charge in [-0.25, -0.2) is 15.0 Å². The van der Waals surface area contributed by atoms with Crippen molar-refractivity contribution < 1.29 is 0 Å². The topological polar surface area (TPSA) is 46.9 Å². The number of allylic oxidation sites excluding steroid dienone is 1. The van der Waals surface area contributed by atoms with Gasteiger partial charge in [-0.15, -0.1) is 0 Å². The van der Waals surface area contributed by atoms with Gasteiger partial charge >= 0.3 is 0 Å². The molecule has 0 saturated carbocycles. The average molecular weight is 758 g/mol. The summed E-state index contributed by atoms with van der Waals surface area (Å²) in [4.78, 5) is 15.4. The van der Waals surface area contributed by atoms with Crippen LogP contribution in [0.2, 0.25) is 0 Å². The number of aromatic nitrogens is 2. The van der Waals surface area contributed by atoms with Crippen LogP contribution in [0.5, 0.6) is 0 Å². The van der Waals surface area contributed by atoms with Crippen molar-refractivity contribution in [3.63, 3.8) is 0 Å². The molecular formula is C54H39N5. The van der Waals surface area contributed by atoms with E-state index in [1.807, 2.05) is 0 Å². The van der Waals surface area contributed by atoms with Crippen LogP contribution in [0.25, 0.3) is 66.7 Å². The van der Waals surface area contributed by atoms with Crippen LogP contribution in [0.15, 0.2) is 173 Å². The molecule has 59 heavy (non-hydrogen) atoms. The average Bonchev–Trinajstić information content (AvgIpc) is 4.04. The van der Waals surface area contributed by atoms with Crippen LogP contribution in [0.1, 0.15) is 51.1 Å². The fourth-order valence-electron chi connectivity index (χ4n) is 10.0. The molecule has 7 aromatic carbocycles.